The van der Waals surface area contributed by atoms with Crippen LogP contribution in [0.15, 0.2) is 42.5 Å². The molecule has 4 heteroatoms. The molecule has 2 aromatic rings. The first kappa shape index (κ1) is 15.4. The summed E-state index contributed by atoms with van der Waals surface area (Å²) >= 11 is 12.7. The van der Waals surface area contributed by atoms with Crippen molar-refractivity contribution >= 4 is 29.1 Å². The predicted octanol–water partition coefficient (Wildman–Crippen LogP) is 4.86. The van der Waals surface area contributed by atoms with Gasteiger partial charge in [-0.15, -0.1) is 0 Å². The molecular weight excluding hydrogens is 317 g/mol. The molecule has 22 heavy (non-hydrogen) atoms. The molecule has 3 rings (SSSR count). The molecule has 1 heterocycles. The van der Waals surface area contributed by atoms with Crippen molar-refractivity contribution in [1.29, 1.82) is 0 Å². The van der Waals surface area contributed by atoms with E-state index in [1.54, 1.807) is 6.07 Å². The second kappa shape index (κ2) is 5.60. The van der Waals surface area contributed by atoms with Crippen molar-refractivity contribution in [2.45, 2.75) is 19.4 Å². The minimum atomic E-state index is -0.0632. The van der Waals surface area contributed by atoms with Gasteiger partial charge < -0.3 is 4.74 Å². The third-order valence-electron chi connectivity index (χ3n) is 4.13. The monoisotopic (exact) mass is 334 g/mol. The van der Waals surface area contributed by atoms with E-state index < -0.39 is 0 Å². The van der Waals surface area contributed by atoms with E-state index >= 15 is 0 Å². The van der Waals surface area contributed by atoms with Crippen molar-refractivity contribution in [2.24, 2.45) is 0 Å². The lowest BCUT2D eigenvalue weighted by Gasteiger charge is -2.12. The van der Waals surface area contributed by atoms with E-state index in [0.717, 1.165) is 22.6 Å². The molecule has 0 bridgehead atoms. The largest absolute Gasteiger partial charge is 0.437 e. The fourth-order valence-corrected chi connectivity index (χ4v) is 3.16. The number of ether oxygens (including phenoxy) is 1. The van der Waals surface area contributed by atoms with Gasteiger partial charge in [0.1, 0.15) is 12.6 Å². The van der Waals surface area contributed by atoms with Gasteiger partial charge in [0, 0.05) is 24.4 Å². The first-order valence-electron chi connectivity index (χ1n) is 7.18. The van der Waals surface area contributed by atoms with E-state index in [0.29, 0.717) is 16.7 Å². The summed E-state index contributed by atoms with van der Waals surface area (Å²) in [5.74, 6) is 0.797. The number of benzene rings is 2. The summed E-state index contributed by atoms with van der Waals surface area (Å²) in [6, 6.07) is 13.8. The second-order valence-electron chi connectivity index (χ2n) is 6.14. The van der Waals surface area contributed by atoms with Gasteiger partial charge in [0.2, 0.25) is 0 Å². The Morgan fingerprint density at radius 2 is 1.77 bits per heavy atom. The van der Waals surface area contributed by atoms with Gasteiger partial charge in [-0.1, -0.05) is 53.5 Å². The lowest BCUT2D eigenvalue weighted by atomic mass is 9.99. The SMILES string of the molecule is C[N+]1=C(c2c(Cl)cc(Cl)cc2-c2ccccc2)OCC1(C)C. The molecule has 0 N–H and O–H groups in total. The zero-order chi connectivity index (χ0) is 15.9. The van der Waals surface area contributed by atoms with Gasteiger partial charge in [-0.25, -0.2) is 0 Å². The van der Waals surface area contributed by atoms with Gasteiger partial charge in [0.15, 0.2) is 12.1 Å². The first-order valence-corrected chi connectivity index (χ1v) is 7.94. The highest BCUT2D eigenvalue weighted by molar-refractivity contribution is 6.37. The minimum absolute atomic E-state index is 0.0632. The molecule has 0 spiro atoms. The molecule has 0 saturated carbocycles. The summed E-state index contributed by atoms with van der Waals surface area (Å²) in [7, 11) is 2.03. The molecule has 2 aromatic carbocycles. The fraction of sp³-hybridized carbons (Fsp3) is 0.278. The molecule has 0 amide bonds. The van der Waals surface area contributed by atoms with Gasteiger partial charge in [-0.2, -0.15) is 4.58 Å². The van der Waals surface area contributed by atoms with E-state index in [9.17, 15) is 0 Å². The van der Waals surface area contributed by atoms with Crippen LogP contribution in [0.3, 0.4) is 0 Å². The first-order chi connectivity index (χ1) is 10.4. The number of rotatable bonds is 2. The van der Waals surface area contributed by atoms with Crippen LogP contribution in [0.4, 0.5) is 0 Å². The van der Waals surface area contributed by atoms with E-state index in [-0.39, 0.29) is 5.54 Å². The molecule has 0 radical (unpaired) electrons. The van der Waals surface area contributed by atoms with Crippen LogP contribution in [0.1, 0.15) is 19.4 Å². The maximum atomic E-state index is 6.51. The Morgan fingerprint density at radius 1 is 1.09 bits per heavy atom. The summed E-state index contributed by atoms with van der Waals surface area (Å²) in [4.78, 5) is 0. The average molecular weight is 335 g/mol. The van der Waals surface area contributed by atoms with Crippen molar-refractivity contribution in [2.75, 3.05) is 13.7 Å². The Bertz CT molecular complexity index is 751. The van der Waals surface area contributed by atoms with Crippen molar-refractivity contribution < 1.29 is 9.31 Å². The Morgan fingerprint density at radius 3 is 2.36 bits per heavy atom. The Hall–Kier alpha value is -1.51. The van der Waals surface area contributed by atoms with Gasteiger partial charge in [-0.05, 0) is 17.7 Å². The highest BCUT2D eigenvalue weighted by Crippen LogP contribution is 2.35. The van der Waals surface area contributed by atoms with Crippen LogP contribution in [-0.4, -0.2) is 29.7 Å². The zero-order valence-electron chi connectivity index (χ0n) is 12.9. The summed E-state index contributed by atoms with van der Waals surface area (Å²) in [5, 5.41) is 1.22. The molecule has 0 unspecified atom stereocenters. The molecule has 0 atom stereocenters. The number of nitrogens with zero attached hydrogens (tertiary/aromatic N) is 1. The Kier molecular flexibility index (Phi) is 3.92. The van der Waals surface area contributed by atoms with Crippen LogP contribution >= 0.6 is 23.2 Å². The highest BCUT2D eigenvalue weighted by atomic mass is 35.5. The summed E-state index contributed by atoms with van der Waals surface area (Å²) in [6.07, 6.45) is 0. The fourth-order valence-electron chi connectivity index (χ4n) is 2.59. The Labute approximate surface area is 140 Å². The molecule has 0 aromatic heterocycles. The van der Waals surface area contributed by atoms with Crippen molar-refractivity contribution in [3.05, 3.63) is 58.1 Å². The number of hydrogen-bond acceptors (Lipinski definition) is 1. The van der Waals surface area contributed by atoms with Gasteiger partial charge in [-0.3, -0.25) is 0 Å². The van der Waals surface area contributed by atoms with Crippen LogP contribution in [0.5, 0.6) is 0 Å². The number of likely N-dealkylation sites (N-methyl/N-ethyl adjacent to an activating group) is 1. The third-order valence-corrected chi connectivity index (χ3v) is 4.64. The van der Waals surface area contributed by atoms with Crippen molar-refractivity contribution in [1.82, 2.24) is 0 Å². The van der Waals surface area contributed by atoms with Crippen molar-refractivity contribution in [3.63, 3.8) is 0 Å². The van der Waals surface area contributed by atoms with Gasteiger partial charge in [0.05, 0.1) is 5.02 Å². The van der Waals surface area contributed by atoms with Crippen LogP contribution in [0.25, 0.3) is 11.1 Å². The molecule has 0 aliphatic carbocycles. The molecule has 1 aliphatic heterocycles. The minimum Gasteiger partial charge on any atom is -0.437 e. The van der Waals surface area contributed by atoms with E-state index in [1.165, 1.54) is 0 Å². The molecule has 1 aliphatic rings. The molecule has 114 valence electrons. The lowest BCUT2D eigenvalue weighted by Crippen LogP contribution is -2.33. The standard InChI is InChI=1S/C18H18Cl2NO/c1-18(2)11-22-17(21(18)3)16-14(9-13(19)10-15(16)20)12-7-5-4-6-8-12/h4-10H,11H2,1-3H3/q+1. The van der Waals surface area contributed by atoms with Crippen LogP contribution in [-0.2, 0) is 4.74 Å². The lowest BCUT2D eigenvalue weighted by molar-refractivity contribution is -0.562. The van der Waals surface area contributed by atoms with E-state index in [2.05, 4.69) is 18.4 Å². The van der Waals surface area contributed by atoms with E-state index in [1.807, 2.05) is 43.4 Å². The number of halogens is 2. The second-order valence-corrected chi connectivity index (χ2v) is 6.99. The van der Waals surface area contributed by atoms with Crippen LogP contribution < -0.4 is 0 Å². The molecule has 2 nitrogen and oxygen atoms in total. The quantitative estimate of drug-likeness (QED) is 0.714. The maximum Gasteiger partial charge on any atom is 0.372 e. The van der Waals surface area contributed by atoms with E-state index in [4.69, 9.17) is 27.9 Å². The van der Waals surface area contributed by atoms with Crippen LogP contribution in [0, 0.1) is 0 Å². The van der Waals surface area contributed by atoms with Crippen LogP contribution in [0.2, 0.25) is 10.0 Å². The number of hydrogen-bond donors (Lipinski definition) is 0. The third kappa shape index (κ3) is 2.62. The highest BCUT2D eigenvalue weighted by Gasteiger charge is 2.41. The smallest absolute Gasteiger partial charge is 0.372 e. The van der Waals surface area contributed by atoms with Gasteiger partial charge >= 0.3 is 5.90 Å². The molecule has 0 fully saturated rings. The average Bonchev–Trinajstić information content (AvgIpc) is 2.74. The normalized spacial score (nSPS) is 16.8. The predicted molar refractivity (Wildman–Crippen MR) is 92.2 cm³/mol. The summed E-state index contributed by atoms with van der Waals surface area (Å²) < 4.78 is 8.10. The molecular formula is C18H18Cl2NO+. The Balaban J connectivity index is 2.27. The van der Waals surface area contributed by atoms with Crippen molar-refractivity contribution in [3.8, 4) is 11.1 Å². The zero-order valence-corrected chi connectivity index (χ0v) is 14.4. The molecule has 0 saturated heterocycles. The topological polar surface area (TPSA) is 12.2 Å². The van der Waals surface area contributed by atoms with Gasteiger partial charge in [0.25, 0.3) is 0 Å². The summed E-state index contributed by atoms with van der Waals surface area (Å²) in [5.41, 5.74) is 2.88. The summed E-state index contributed by atoms with van der Waals surface area (Å²) in [6.45, 7) is 4.92. The maximum absolute atomic E-state index is 6.51.